The number of pyridine rings is 1. The fourth-order valence-corrected chi connectivity index (χ4v) is 5.31. The number of halogens is 2. The molecule has 0 saturated carbocycles. The lowest BCUT2D eigenvalue weighted by molar-refractivity contribution is -0.113. The molecule has 0 bridgehead atoms. The summed E-state index contributed by atoms with van der Waals surface area (Å²) < 4.78 is 15.6. The lowest BCUT2D eigenvalue weighted by Crippen LogP contribution is -2.32. The van der Waals surface area contributed by atoms with Crippen LogP contribution in [0.3, 0.4) is 0 Å². The van der Waals surface area contributed by atoms with Gasteiger partial charge in [0.2, 0.25) is 4.96 Å². The van der Waals surface area contributed by atoms with Crippen LogP contribution in [0.1, 0.15) is 11.1 Å². The Balaban J connectivity index is 1.51. The van der Waals surface area contributed by atoms with Gasteiger partial charge in [0.25, 0.3) is 11.5 Å². The molecule has 3 aromatic heterocycles. The van der Waals surface area contributed by atoms with Gasteiger partial charge < -0.3 is 4.90 Å². The van der Waals surface area contributed by atoms with E-state index in [9.17, 15) is 14.0 Å². The SMILES string of the molecule is O=C1C(=c2sc3nc(-c4cccnc4)nn3c2=O)c2cc(Br)ccc2N1Cc1ccc(F)cc1. The third kappa shape index (κ3) is 3.34. The maximum Gasteiger partial charge on any atom is 0.291 e. The molecule has 0 aliphatic carbocycles. The van der Waals surface area contributed by atoms with Crippen LogP contribution in [-0.4, -0.2) is 25.5 Å². The second kappa shape index (κ2) is 7.93. The predicted octanol–water partition coefficient (Wildman–Crippen LogP) is 3.58. The second-order valence-corrected chi connectivity index (χ2v) is 9.56. The van der Waals surface area contributed by atoms with E-state index in [0.29, 0.717) is 33.2 Å². The first-order chi connectivity index (χ1) is 16.5. The average molecular weight is 534 g/mol. The first-order valence-electron chi connectivity index (χ1n) is 10.2. The van der Waals surface area contributed by atoms with Crippen LogP contribution in [0.2, 0.25) is 0 Å². The third-order valence-corrected chi connectivity index (χ3v) is 7.06. The third-order valence-electron chi connectivity index (χ3n) is 5.54. The van der Waals surface area contributed by atoms with Crippen molar-refractivity contribution in [3.05, 3.63) is 103 Å². The summed E-state index contributed by atoms with van der Waals surface area (Å²) >= 11 is 4.59. The highest BCUT2D eigenvalue weighted by molar-refractivity contribution is 9.10. The van der Waals surface area contributed by atoms with Crippen LogP contribution < -0.4 is 15.0 Å². The number of fused-ring (bicyclic) bond motifs is 2. The molecule has 0 fully saturated rings. The second-order valence-electron chi connectivity index (χ2n) is 7.66. The molecule has 0 unspecified atom stereocenters. The van der Waals surface area contributed by atoms with Gasteiger partial charge in [0.1, 0.15) is 10.3 Å². The molecule has 5 aromatic rings. The number of hydrogen-bond donors (Lipinski definition) is 0. The molecule has 1 aliphatic heterocycles. The number of carbonyl (C=O) groups excluding carboxylic acids is 1. The minimum absolute atomic E-state index is 0.247. The van der Waals surface area contributed by atoms with E-state index in [1.807, 2.05) is 24.3 Å². The van der Waals surface area contributed by atoms with Crippen LogP contribution in [0.15, 0.2) is 76.3 Å². The maximum atomic E-state index is 13.6. The highest BCUT2D eigenvalue weighted by Crippen LogP contribution is 2.38. The van der Waals surface area contributed by atoms with E-state index in [1.54, 1.807) is 35.5 Å². The molecule has 6 rings (SSSR count). The smallest absolute Gasteiger partial charge is 0.291 e. The lowest BCUT2D eigenvalue weighted by atomic mass is 10.1. The van der Waals surface area contributed by atoms with E-state index in [4.69, 9.17) is 0 Å². The lowest BCUT2D eigenvalue weighted by Gasteiger charge is -2.17. The Hall–Kier alpha value is -3.76. The predicted molar refractivity (Wildman–Crippen MR) is 130 cm³/mol. The molecule has 2 aromatic carbocycles. The number of nitrogens with zero attached hydrogens (tertiary/aromatic N) is 5. The van der Waals surface area contributed by atoms with Crippen molar-refractivity contribution < 1.29 is 9.18 Å². The molecule has 4 heterocycles. The summed E-state index contributed by atoms with van der Waals surface area (Å²) in [7, 11) is 0. The minimum atomic E-state index is -0.402. The quantitative estimate of drug-likeness (QED) is 0.354. The Bertz CT molecular complexity index is 1700. The highest BCUT2D eigenvalue weighted by Gasteiger charge is 2.34. The van der Waals surface area contributed by atoms with Crippen LogP contribution in [0, 0.1) is 5.82 Å². The zero-order valence-corrected chi connectivity index (χ0v) is 19.7. The van der Waals surface area contributed by atoms with Gasteiger partial charge in [0, 0.05) is 28.0 Å². The molecule has 34 heavy (non-hydrogen) atoms. The summed E-state index contributed by atoms with van der Waals surface area (Å²) in [5.41, 5.74) is 2.71. The van der Waals surface area contributed by atoms with Crippen molar-refractivity contribution in [1.82, 2.24) is 19.6 Å². The van der Waals surface area contributed by atoms with Gasteiger partial charge in [0.15, 0.2) is 5.82 Å². The number of thiazole rings is 1. The monoisotopic (exact) mass is 533 g/mol. The first kappa shape index (κ1) is 20.8. The molecule has 0 radical (unpaired) electrons. The average Bonchev–Trinajstić information content (AvgIpc) is 3.47. The molecule has 0 N–H and O–H groups in total. The van der Waals surface area contributed by atoms with Crippen LogP contribution in [0.5, 0.6) is 0 Å². The van der Waals surface area contributed by atoms with Crippen LogP contribution in [0.4, 0.5) is 10.1 Å². The Morgan fingerprint density at radius 3 is 2.62 bits per heavy atom. The van der Waals surface area contributed by atoms with Crippen LogP contribution >= 0.6 is 27.3 Å². The van der Waals surface area contributed by atoms with E-state index >= 15 is 0 Å². The normalized spacial score (nSPS) is 14.8. The van der Waals surface area contributed by atoms with E-state index in [0.717, 1.165) is 21.4 Å². The van der Waals surface area contributed by atoms with Crippen molar-refractivity contribution in [1.29, 1.82) is 0 Å². The van der Waals surface area contributed by atoms with E-state index in [2.05, 4.69) is 31.0 Å². The number of hydrogen-bond acceptors (Lipinski definition) is 6. The van der Waals surface area contributed by atoms with Crippen molar-refractivity contribution in [2.24, 2.45) is 0 Å². The van der Waals surface area contributed by atoms with E-state index in [-0.39, 0.29) is 22.8 Å². The summed E-state index contributed by atoms with van der Waals surface area (Å²) in [6.07, 6.45) is 3.27. The molecule has 7 nitrogen and oxygen atoms in total. The molecule has 1 amide bonds. The summed E-state index contributed by atoms with van der Waals surface area (Å²) in [6, 6.07) is 15.1. The summed E-state index contributed by atoms with van der Waals surface area (Å²) in [5.74, 6) is -0.248. The Morgan fingerprint density at radius 1 is 1.06 bits per heavy atom. The largest absolute Gasteiger partial charge is 0.303 e. The molecular weight excluding hydrogens is 521 g/mol. The van der Waals surface area contributed by atoms with Gasteiger partial charge in [-0.2, -0.15) is 9.50 Å². The van der Waals surface area contributed by atoms with Gasteiger partial charge in [-0.05, 0) is 48.0 Å². The summed E-state index contributed by atoms with van der Waals surface area (Å²) in [4.78, 5) is 37.4. The van der Waals surface area contributed by atoms with Gasteiger partial charge >= 0.3 is 0 Å². The summed E-state index contributed by atoms with van der Waals surface area (Å²) in [5, 5.41) is 4.35. The van der Waals surface area contributed by atoms with Gasteiger partial charge in [-0.3, -0.25) is 14.6 Å². The molecule has 0 saturated heterocycles. The highest BCUT2D eigenvalue weighted by atomic mass is 79.9. The molecule has 1 aliphatic rings. The topological polar surface area (TPSA) is 80.5 Å². The number of rotatable bonds is 3. The van der Waals surface area contributed by atoms with Crippen molar-refractivity contribution in [3.63, 3.8) is 0 Å². The van der Waals surface area contributed by atoms with Gasteiger partial charge in [-0.15, -0.1) is 5.10 Å². The molecule has 0 atom stereocenters. The Morgan fingerprint density at radius 2 is 1.88 bits per heavy atom. The number of carbonyl (C=O) groups is 1. The molecular formula is C24H13BrFN5O2S. The van der Waals surface area contributed by atoms with Crippen molar-refractivity contribution in [3.8, 4) is 11.4 Å². The van der Waals surface area contributed by atoms with Crippen molar-refractivity contribution in [2.45, 2.75) is 6.54 Å². The van der Waals surface area contributed by atoms with E-state index < -0.39 is 5.56 Å². The number of benzene rings is 2. The fourth-order valence-electron chi connectivity index (χ4n) is 3.95. The Kier molecular flexibility index (Phi) is 4.85. The number of aromatic nitrogens is 4. The summed E-state index contributed by atoms with van der Waals surface area (Å²) in [6.45, 7) is 0.247. The zero-order valence-electron chi connectivity index (χ0n) is 17.3. The van der Waals surface area contributed by atoms with Crippen molar-refractivity contribution in [2.75, 3.05) is 4.90 Å². The van der Waals surface area contributed by atoms with Crippen molar-refractivity contribution >= 4 is 49.4 Å². The maximum absolute atomic E-state index is 13.6. The number of amides is 1. The first-order valence-corrected chi connectivity index (χ1v) is 11.8. The fraction of sp³-hybridized carbons (Fsp3) is 0.0417. The molecule has 0 spiro atoms. The van der Waals surface area contributed by atoms with Gasteiger partial charge in [-0.1, -0.05) is 39.4 Å². The number of anilines is 1. The molecule has 10 heteroatoms. The van der Waals surface area contributed by atoms with Crippen LogP contribution in [-0.2, 0) is 11.3 Å². The van der Waals surface area contributed by atoms with Crippen LogP contribution in [0.25, 0.3) is 21.9 Å². The standard InChI is InChI=1S/C24H13BrFN5O2S/c25-15-5-8-18-17(10-15)19(22(32)30(18)12-13-3-6-16(26)7-4-13)20-23(33)31-24(34-20)28-21(29-31)14-2-1-9-27-11-14/h1-11H,12H2. The molecule has 166 valence electrons. The minimum Gasteiger partial charge on any atom is -0.303 e. The zero-order chi connectivity index (χ0) is 23.4. The Labute approximate surface area is 204 Å². The van der Waals surface area contributed by atoms with E-state index in [1.165, 1.54) is 16.6 Å². The van der Waals surface area contributed by atoms with Gasteiger partial charge in [0.05, 0.1) is 17.8 Å². The van der Waals surface area contributed by atoms with Gasteiger partial charge in [-0.25, -0.2) is 4.39 Å².